The summed E-state index contributed by atoms with van der Waals surface area (Å²) < 4.78 is 18.8. The summed E-state index contributed by atoms with van der Waals surface area (Å²) in [6.45, 7) is 0.647. The maximum absolute atomic E-state index is 13.1. The van der Waals surface area contributed by atoms with Crippen LogP contribution in [0.3, 0.4) is 0 Å². The first kappa shape index (κ1) is 13.4. The zero-order chi connectivity index (χ0) is 14.1. The van der Waals surface area contributed by atoms with E-state index in [9.17, 15) is 9.50 Å². The monoisotopic (exact) mass is 292 g/mol. The summed E-state index contributed by atoms with van der Waals surface area (Å²) in [4.78, 5) is 0. The molecular formula is C16H14ClFO2. The zero-order valence-corrected chi connectivity index (χ0v) is 11.5. The minimum atomic E-state index is -0.920. The van der Waals surface area contributed by atoms with Gasteiger partial charge in [0.25, 0.3) is 0 Å². The lowest BCUT2D eigenvalue weighted by Gasteiger charge is -2.23. The van der Waals surface area contributed by atoms with Crippen LogP contribution in [0, 0.1) is 5.82 Å². The van der Waals surface area contributed by atoms with Crippen LogP contribution in [0.25, 0.3) is 0 Å². The van der Waals surface area contributed by atoms with Gasteiger partial charge in [0.15, 0.2) is 0 Å². The second-order valence-electron chi connectivity index (χ2n) is 4.86. The predicted octanol–water partition coefficient (Wildman–Crippen LogP) is 3.89. The number of halogens is 2. The summed E-state index contributed by atoms with van der Waals surface area (Å²) in [5, 5.41) is 10.7. The molecular weight excluding hydrogens is 279 g/mol. The van der Waals surface area contributed by atoms with Crippen LogP contribution in [-0.2, 0) is 6.42 Å². The van der Waals surface area contributed by atoms with Crippen molar-refractivity contribution in [2.45, 2.75) is 18.9 Å². The van der Waals surface area contributed by atoms with Gasteiger partial charge in [-0.1, -0.05) is 35.9 Å². The first-order valence-electron chi connectivity index (χ1n) is 6.54. The highest BCUT2D eigenvalue weighted by Crippen LogP contribution is 2.37. The van der Waals surface area contributed by atoms with E-state index in [0.717, 1.165) is 24.2 Å². The van der Waals surface area contributed by atoms with E-state index in [4.69, 9.17) is 16.3 Å². The molecule has 1 atom stereocenters. The highest BCUT2D eigenvalue weighted by molar-refractivity contribution is 6.31. The Morgan fingerprint density at radius 2 is 2.05 bits per heavy atom. The zero-order valence-electron chi connectivity index (χ0n) is 10.8. The lowest BCUT2D eigenvalue weighted by atomic mass is 9.95. The van der Waals surface area contributed by atoms with Crippen LogP contribution < -0.4 is 4.74 Å². The highest BCUT2D eigenvalue weighted by atomic mass is 35.5. The van der Waals surface area contributed by atoms with Gasteiger partial charge in [0.05, 0.1) is 6.61 Å². The van der Waals surface area contributed by atoms with Crippen molar-refractivity contribution in [2.24, 2.45) is 0 Å². The van der Waals surface area contributed by atoms with Gasteiger partial charge in [-0.3, -0.25) is 0 Å². The Morgan fingerprint density at radius 3 is 2.85 bits per heavy atom. The van der Waals surface area contributed by atoms with Gasteiger partial charge < -0.3 is 9.84 Å². The molecule has 1 unspecified atom stereocenters. The van der Waals surface area contributed by atoms with Crippen molar-refractivity contribution in [2.75, 3.05) is 6.61 Å². The number of ether oxygens (including phenoxy) is 1. The molecule has 0 aliphatic carbocycles. The van der Waals surface area contributed by atoms with E-state index in [2.05, 4.69) is 0 Å². The lowest BCUT2D eigenvalue weighted by Crippen LogP contribution is -2.12. The van der Waals surface area contributed by atoms with Gasteiger partial charge in [-0.25, -0.2) is 4.39 Å². The maximum Gasteiger partial charge on any atom is 0.128 e. The van der Waals surface area contributed by atoms with Crippen LogP contribution in [0.2, 0.25) is 5.02 Å². The second-order valence-corrected chi connectivity index (χ2v) is 5.26. The predicted molar refractivity (Wildman–Crippen MR) is 75.7 cm³/mol. The summed E-state index contributed by atoms with van der Waals surface area (Å²) in [5.41, 5.74) is 2.25. The summed E-state index contributed by atoms with van der Waals surface area (Å²) in [6.07, 6.45) is 0.993. The summed E-state index contributed by atoms with van der Waals surface area (Å²) >= 11 is 6.02. The number of rotatable bonds is 2. The number of aliphatic hydroxyl groups is 1. The molecule has 1 aliphatic heterocycles. The summed E-state index contributed by atoms with van der Waals surface area (Å²) in [6, 6.07) is 9.70. The van der Waals surface area contributed by atoms with E-state index in [1.807, 2.05) is 18.2 Å². The molecule has 0 saturated heterocycles. The van der Waals surface area contributed by atoms with Gasteiger partial charge in [0.1, 0.15) is 17.7 Å². The Morgan fingerprint density at radius 1 is 1.20 bits per heavy atom. The third-order valence-electron chi connectivity index (χ3n) is 3.52. The number of hydrogen-bond donors (Lipinski definition) is 1. The van der Waals surface area contributed by atoms with Crippen molar-refractivity contribution in [1.82, 2.24) is 0 Å². The van der Waals surface area contributed by atoms with Gasteiger partial charge in [0.2, 0.25) is 0 Å². The smallest absolute Gasteiger partial charge is 0.128 e. The van der Waals surface area contributed by atoms with Crippen molar-refractivity contribution in [3.8, 4) is 5.75 Å². The minimum absolute atomic E-state index is 0.214. The standard InChI is InChI=1S/C16H14ClFO2/c17-14-9-11(18)6-7-12(14)15(19)13-5-1-3-10-4-2-8-20-16(10)13/h1,3,5-7,9,15,19H,2,4,8H2. The second kappa shape index (κ2) is 5.43. The Labute approximate surface area is 121 Å². The first-order valence-corrected chi connectivity index (χ1v) is 6.92. The molecule has 104 valence electrons. The maximum atomic E-state index is 13.1. The quantitative estimate of drug-likeness (QED) is 0.910. The van der Waals surface area contributed by atoms with Gasteiger partial charge in [-0.05, 0) is 30.5 Å². The molecule has 3 rings (SSSR count). The Kier molecular flexibility index (Phi) is 3.64. The van der Waals surface area contributed by atoms with Crippen molar-refractivity contribution >= 4 is 11.6 Å². The van der Waals surface area contributed by atoms with Crippen LogP contribution in [0.4, 0.5) is 4.39 Å². The molecule has 20 heavy (non-hydrogen) atoms. The van der Waals surface area contributed by atoms with Crippen LogP contribution >= 0.6 is 11.6 Å². The topological polar surface area (TPSA) is 29.5 Å². The van der Waals surface area contributed by atoms with E-state index in [0.29, 0.717) is 17.7 Å². The number of hydrogen-bond acceptors (Lipinski definition) is 2. The van der Waals surface area contributed by atoms with Gasteiger partial charge in [-0.2, -0.15) is 0 Å². The average molecular weight is 293 g/mol. The minimum Gasteiger partial charge on any atom is -0.493 e. The highest BCUT2D eigenvalue weighted by Gasteiger charge is 2.22. The first-order chi connectivity index (χ1) is 9.66. The third-order valence-corrected chi connectivity index (χ3v) is 3.84. The fourth-order valence-corrected chi connectivity index (χ4v) is 2.79. The molecule has 2 aromatic carbocycles. The normalized spacial score (nSPS) is 15.3. The van der Waals surface area contributed by atoms with Gasteiger partial charge in [-0.15, -0.1) is 0 Å². The molecule has 2 nitrogen and oxygen atoms in total. The number of para-hydroxylation sites is 1. The molecule has 1 N–H and O–H groups in total. The van der Waals surface area contributed by atoms with E-state index in [1.165, 1.54) is 18.2 Å². The van der Waals surface area contributed by atoms with Crippen LogP contribution in [0.5, 0.6) is 5.75 Å². The average Bonchev–Trinajstić information content (AvgIpc) is 2.46. The summed E-state index contributed by atoms with van der Waals surface area (Å²) in [7, 11) is 0. The molecule has 0 bridgehead atoms. The fraction of sp³-hybridized carbons (Fsp3) is 0.250. The molecule has 0 fully saturated rings. The molecule has 1 aliphatic rings. The van der Waals surface area contributed by atoms with Crippen molar-refractivity contribution in [3.63, 3.8) is 0 Å². The van der Waals surface area contributed by atoms with E-state index in [1.54, 1.807) is 0 Å². The lowest BCUT2D eigenvalue weighted by molar-refractivity contribution is 0.206. The number of aliphatic hydroxyl groups excluding tert-OH is 1. The van der Waals surface area contributed by atoms with Crippen molar-refractivity contribution in [3.05, 3.63) is 63.9 Å². The fourth-order valence-electron chi connectivity index (χ4n) is 2.52. The van der Waals surface area contributed by atoms with Crippen LogP contribution in [0.1, 0.15) is 29.2 Å². The molecule has 0 amide bonds. The van der Waals surface area contributed by atoms with Crippen LogP contribution in [0.15, 0.2) is 36.4 Å². The molecule has 0 aromatic heterocycles. The Balaban J connectivity index is 2.04. The van der Waals surface area contributed by atoms with Crippen LogP contribution in [-0.4, -0.2) is 11.7 Å². The van der Waals surface area contributed by atoms with E-state index >= 15 is 0 Å². The number of fused-ring (bicyclic) bond motifs is 1. The number of benzene rings is 2. The Hall–Kier alpha value is -1.58. The van der Waals surface area contributed by atoms with Crippen molar-refractivity contribution in [1.29, 1.82) is 0 Å². The molecule has 1 heterocycles. The molecule has 0 spiro atoms. The van der Waals surface area contributed by atoms with Gasteiger partial charge in [0, 0.05) is 16.1 Å². The SMILES string of the molecule is OC(c1ccc(F)cc1Cl)c1cccc2c1OCCC2. The number of aryl methyl sites for hydroxylation is 1. The Bertz CT molecular complexity index is 642. The largest absolute Gasteiger partial charge is 0.493 e. The van der Waals surface area contributed by atoms with E-state index in [-0.39, 0.29) is 5.02 Å². The molecule has 2 aromatic rings. The molecule has 4 heteroatoms. The molecule has 0 radical (unpaired) electrons. The summed E-state index contributed by atoms with van der Waals surface area (Å²) in [5.74, 6) is 0.309. The molecule has 0 saturated carbocycles. The van der Waals surface area contributed by atoms with E-state index < -0.39 is 11.9 Å². The van der Waals surface area contributed by atoms with Gasteiger partial charge >= 0.3 is 0 Å². The third kappa shape index (κ3) is 2.39. The van der Waals surface area contributed by atoms with Crippen molar-refractivity contribution < 1.29 is 14.2 Å².